The third-order valence-corrected chi connectivity index (χ3v) is 2.82. The van der Waals surface area contributed by atoms with Gasteiger partial charge >= 0.3 is 0 Å². The lowest BCUT2D eigenvalue weighted by Crippen LogP contribution is -2.14. The third kappa shape index (κ3) is 7.89. The zero-order valence-corrected chi connectivity index (χ0v) is 11.4. The van der Waals surface area contributed by atoms with Gasteiger partial charge in [0.15, 0.2) is 6.29 Å². The van der Waals surface area contributed by atoms with Gasteiger partial charge in [-0.1, -0.05) is 45.1 Å². The first kappa shape index (κ1) is 15.7. The number of hydrogen-bond donors (Lipinski definition) is 0. The highest BCUT2D eigenvalue weighted by molar-refractivity contribution is 5.01. The summed E-state index contributed by atoms with van der Waals surface area (Å²) in [6.45, 7) is 4.32. The van der Waals surface area contributed by atoms with Crippen molar-refractivity contribution in [3.8, 4) is 0 Å². The van der Waals surface area contributed by atoms with Crippen LogP contribution in [0.5, 0.6) is 0 Å². The Kier molecular flexibility index (Phi) is 10.9. The minimum absolute atomic E-state index is 0.167. The third-order valence-electron chi connectivity index (χ3n) is 2.82. The van der Waals surface area contributed by atoms with Gasteiger partial charge in [-0.3, -0.25) is 0 Å². The molecule has 0 atom stereocenters. The van der Waals surface area contributed by atoms with Gasteiger partial charge in [0.25, 0.3) is 0 Å². The quantitative estimate of drug-likeness (QED) is 0.315. The van der Waals surface area contributed by atoms with Crippen molar-refractivity contribution in [1.29, 1.82) is 0 Å². The fraction of sp³-hybridized carbons (Fsp3) is 0.857. The summed E-state index contributed by atoms with van der Waals surface area (Å²) in [4.78, 5) is 0. The Hall–Kier alpha value is -0.340. The molecule has 2 heteroatoms. The average molecular weight is 228 g/mol. The van der Waals surface area contributed by atoms with Crippen molar-refractivity contribution in [3.63, 3.8) is 0 Å². The van der Waals surface area contributed by atoms with E-state index in [0.29, 0.717) is 0 Å². The summed E-state index contributed by atoms with van der Waals surface area (Å²) in [5, 5.41) is 0. The molecule has 0 amide bonds. The van der Waals surface area contributed by atoms with Crippen molar-refractivity contribution >= 4 is 0 Å². The molecule has 0 rings (SSSR count). The normalized spacial score (nSPS) is 12.4. The summed E-state index contributed by atoms with van der Waals surface area (Å²) in [6, 6.07) is 0. The monoisotopic (exact) mass is 228 g/mol. The summed E-state index contributed by atoms with van der Waals surface area (Å²) in [7, 11) is 3.35. The predicted octanol–water partition coefficient (Wildman–Crippen LogP) is 4.30. The number of hydrogen-bond acceptors (Lipinski definition) is 2. The molecule has 2 nitrogen and oxygen atoms in total. The van der Waals surface area contributed by atoms with Crippen molar-refractivity contribution in [2.75, 3.05) is 14.2 Å². The van der Waals surface area contributed by atoms with Crippen LogP contribution in [0.2, 0.25) is 0 Å². The number of ether oxygens (including phenoxy) is 2. The van der Waals surface area contributed by atoms with Gasteiger partial charge < -0.3 is 9.47 Å². The maximum Gasteiger partial charge on any atom is 0.178 e. The Morgan fingerprint density at radius 3 is 2.12 bits per heavy atom. The van der Waals surface area contributed by atoms with Crippen molar-refractivity contribution < 1.29 is 9.47 Å². The molecule has 96 valence electrons. The van der Waals surface area contributed by atoms with Crippen LogP contribution in [-0.4, -0.2) is 20.5 Å². The Bertz CT molecular complexity index is 172. The molecule has 0 aliphatic heterocycles. The number of rotatable bonds is 10. The van der Waals surface area contributed by atoms with E-state index in [9.17, 15) is 0 Å². The molecule has 0 heterocycles. The van der Waals surface area contributed by atoms with E-state index in [1.807, 2.05) is 0 Å². The van der Waals surface area contributed by atoms with Crippen LogP contribution in [0.4, 0.5) is 0 Å². The second kappa shape index (κ2) is 11.2. The van der Waals surface area contributed by atoms with Gasteiger partial charge in [0.1, 0.15) is 0 Å². The molecule has 0 aliphatic carbocycles. The lowest BCUT2D eigenvalue weighted by molar-refractivity contribution is -0.0748. The molecule has 0 fully saturated rings. The lowest BCUT2D eigenvalue weighted by Gasteiger charge is -2.13. The van der Waals surface area contributed by atoms with Gasteiger partial charge in [0.2, 0.25) is 0 Å². The van der Waals surface area contributed by atoms with E-state index in [2.05, 4.69) is 19.9 Å². The first-order valence-electron chi connectivity index (χ1n) is 6.48. The summed E-state index contributed by atoms with van der Waals surface area (Å²) in [5.74, 6) is 0. The van der Waals surface area contributed by atoms with Gasteiger partial charge in [0.05, 0.1) is 0 Å². The van der Waals surface area contributed by atoms with Crippen LogP contribution in [0, 0.1) is 0 Å². The SMILES string of the molecule is CCCCCCCC/C=C(\C)C(OC)OC. The topological polar surface area (TPSA) is 18.5 Å². The largest absolute Gasteiger partial charge is 0.352 e. The number of allylic oxidation sites excluding steroid dienone is 1. The minimum Gasteiger partial charge on any atom is -0.352 e. The molecule has 0 aromatic heterocycles. The molecule has 0 spiro atoms. The van der Waals surface area contributed by atoms with Gasteiger partial charge in [-0.2, -0.15) is 0 Å². The first-order valence-corrected chi connectivity index (χ1v) is 6.48. The maximum atomic E-state index is 5.18. The summed E-state index contributed by atoms with van der Waals surface area (Å²) < 4.78 is 10.4. The van der Waals surface area contributed by atoms with Gasteiger partial charge in [-0.15, -0.1) is 0 Å². The molecule has 0 radical (unpaired) electrons. The van der Waals surface area contributed by atoms with Crippen LogP contribution in [0.3, 0.4) is 0 Å². The lowest BCUT2D eigenvalue weighted by atomic mass is 10.1. The van der Waals surface area contributed by atoms with Crippen LogP contribution in [-0.2, 0) is 9.47 Å². The summed E-state index contributed by atoms with van der Waals surface area (Å²) in [6.07, 6.45) is 11.3. The van der Waals surface area contributed by atoms with Crippen LogP contribution in [0.1, 0.15) is 58.8 Å². The smallest absolute Gasteiger partial charge is 0.178 e. The van der Waals surface area contributed by atoms with Gasteiger partial charge in [-0.25, -0.2) is 0 Å². The van der Waals surface area contributed by atoms with E-state index >= 15 is 0 Å². The molecule has 0 N–H and O–H groups in total. The Morgan fingerprint density at radius 1 is 1.00 bits per heavy atom. The highest BCUT2D eigenvalue weighted by Crippen LogP contribution is 2.11. The molecule has 0 saturated heterocycles. The van der Waals surface area contributed by atoms with Crippen molar-refractivity contribution in [1.82, 2.24) is 0 Å². The number of methoxy groups -OCH3 is 2. The van der Waals surface area contributed by atoms with Gasteiger partial charge in [0, 0.05) is 14.2 Å². The molecule has 0 saturated carbocycles. The Morgan fingerprint density at radius 2 is 1.56 bits per heavy atom. The van der Waals surface area contributed by atoms with Crippen molar-refractivity contribution in [3.05, 3.63) is 11.6 Å². The van der Waals surface area contributed by atoms with E-state index < -0.39 is 0 Å². The van der Waals surface area contributed by atoms with Crippen molar-refractivity contribution in [2.24, 2.45) is 0 Å². The van der Waals surface area contributed by atoms with Crippen LogP contribution in [0.15, 0.2) is 11.6 Å². The average Bonchev–Trinajstić information content (AvgIpc) is 2.29. The summed E-state index contributed by atoms with van der Waals surface area (Å²) >= 11 is 0. The van der Waals surface area contributed by atoms with Crippen LogP contribution in [0.25, 0.3) is 0 Å². The second-order valence-electron chi connectivity index (χ2n) is 4.31. The van der Waals surface area contributed by atoms with Crippen molar-refractivity contribution in [2.45, 2.75) is 65.1 Å². The maximum absolute atomic E-state index is 5.18. The fourth-order valence-corrected chi connectivity index (χ4v) is 1.82. The van der Waals surface area contributed by atoms with Crippen LogP contribution >= 0.6 is 0 Å². The molecule has 0 unspecified atom stereocenters. The molecule has 16 heavy (non-hydrogen) atoms. The molecule has 0 aromatic carbocycles. The Labute approximate surface area is 101 Å². The Balaban J connectivity index is 3.51. The van der Waals surface area contributed by atoms with E-state index in [4.69, 9.17) is 9.47 Å². The second-order valence-corrected chi connectivity index (χ2v) is 4.31. The fourth-order valence-electron chi connectivity index (χ4n) is 1.82. The van der Waals surface area contributed by atoms with E-state index in [1.54, 1.807) is 14.2 Å². The predicted molar refractivity (Wildman–Crippen MR) is 69.6 cm³/mol. The van der Waals surface area contributed by atoms with E-state index in [0.717, 1.165) is 6.42 Å². The van der Waals surface area contributed by atoms with E-state index in [1.165, 1.54) is 44.1 Å². The first-order chi connectivity index (χ1) is 7.76. The summed E-state index contributed by atoms with van der Waals surface area (Å²) in [5.41, 5.74) is 1.18. The minimum atomic E-state index is -0.167. The van der Waals surface area contributed by atoms with Gasteiger partial charge in [-0.05, 0) is 25.3 Å². The van der Waals surface area contributed by atoms with Crippen LogP contribution < -0.4 is 0 Å². The molecule has 0 aromatic rings. The molecular weight excluding hydrogens is 200 g/mol. The molecule has 0 aliphatic rings. The zero-order chi connectivity index (χ0) is 12.2. The number of unbranched alkanes of at least 4 members (excludes halogenated alkanes) is 6. The van der Waals surface area contributed by atoms with E-state index in [-0.39, 0.29) is 6.29 Å². The standard InChI is InChI=1S/C14H28O2/c1-5-6-7-8-9-10-11-12-13(2)14(15-3)16-4/h12,14H,5-11H2,1-4H3/b13-12+. The molecule has 0 bridgehead atoms. The molecular formula is C14H28O2. The highest BCUT2D eigenvalue weighted by Gasteiger charge is 2.05. The zero-order valence-electron chi connectivity index (χ0n) is 11.4. The highest BCUT2D eigenvalue weighted by atomic mass is 16.7.